The Kier molecular flexibility index (Phi) is 5.59. The van der Waals surface area contributed by atoms with Crippen molar-refractivity contribution in [1.29, 1.82) is 0 Å². The molecular weight excluding hydrogens is 232 g/mol. The zero-order valence-electron chi connectivity index (χ0n) is 11.4. The third-order valence-corrected chi connectivity index (χ3v) is 3.89. The second-order valence-corrected chi connectivity index (χ2v) is 5.07. The molecule has 1 amide bonds. The van der Waals surface area contributed by atoms with Crippen molar-refractivity contribution < 1.29 is 14.7 Å². The molecule has 5 heteroatoms. The van der Waals surface area contributed by atoms with Crippen LogP contribution in [0.1, 0.15) is 45.4 Å². The van der Waals surface area contributed by atoms with Crippen molar-refractivity contribution in [3.05, 3.63) is 0 Å². The Morgan fingerprint density at radius 2 is 1.89 bits per heavy atom. The fraction of sp³-hybridized carbons (Fsp3) is 0.846. The largest absolute Gasteiger partial charge is 0.480 e. The first-order chi connectivity index (χ1) is 8.53. The highest BCUT2D eigenvalue weighted by molar-refractivity contribution is 5.82. The Bertz CT molecular complexity index is 299. The first-order valence-electron chi connectivity index (χ1n) is 6.71. The number of hydrogen-bond donors (Lipinski definition) is 2. The average Bonchev–Trinajstić information content (AvgIpc) is 2.36. The van der Waals surface area contributed by atoms with Crippen LogP contribution in [0.3, 0.4) is 0 Å². The smallest absolute Gasteiger partial charge is 0.323 e. The maximum absolute atomic E-state index is 12.2. The van der Waals surface area contributed by atoms with Crippen LogP contribution in [0.15, 0.2) is 0 Å². The third-order valence-electron chi connectivity index (χ3n) is 3.89. The number of carboxylic acids is 1. The molecule has 18 heavy (non-hydrogen) atoms. The molecule has 1 aliphatic carbocycles. The lowest BCUT2D eigenvalue weighted by molar-refractivity contribution is -0.145. The van der Waals surface area contributed by atoms with Gasteiger partial charge in [0.15, 0.2) is 0 Å². The summed E-state index contributed by atoms with van der Waals surface area (Å²) in [6.45, 7) is 2.06. The van der Waals surface area contributed by atoms with Crippen molar-refractivity contribution in [2.45, 2.75) is 51.0 Å². The molecule has 0 unspecified atom stereocenters. The van der Waals surface area contributed by atoms with E-state index in [1.54, 1.807) is 0 Å². The van der Waals surface area contributed by atoms with Crippen LogP contribution in [-0.2, 0) is 9.59 Å². The molecule has 0 spiro atoms. The Morgan fingerprint density at radius 3 is 2.33 bits per heavy atom. The molecule has 1 saturated carbocycles. The van der Waals surface area contributed by atoms with Gasteiger partial charge in [0.05, 0.1) is 0 Å². The quantitative estimate of drug-likeness (QED) is 0.750. The molecule has 5 nitrogen and oxygen atoms in total. The number of carboxylic acid groups (broad SMARTS) is 1. The Labute approximate surface area is 109 Å². The summed E-state index contributed by atoms with van der Waals surface area (Å²) in [5.41, 5.74) is -0.124. The van der Waals surface area contributed by atoms with Crippen molar-refractivity contribution >= 4 is 11.9 Å². The predicted molar refractivity (Wildman–Crippen MR) is 69.4 cm³/mol. The van der Waals surface area contributed by atoms with Crippen LogP contribution in [0, 0.1) is 0 Å². The Hall–Kier alpha value is -1.10. The first kappa shape index (κ1) is 15.0. The molecule has 1 aliphatic rings. The average molecular weight is 256 g/mol. The van der Waals surface area contributed by atoms with Crippen LogP contribution in [0.2, 0.25) is 0 Å². The van der Waals surface area contributed by atoms with Gasteiger partial charge in [0, 0.05) is 18.5 Å². The normalized spacial score (nSPS) is 18.3. The van der Waals surface area contributed by atoms with E-state index in [4.69, 9.17) is 5.11 Å². The van der Waals surface area contributed by atoms with Crippen molar-refractivity contribution in [1.82, 2.24) is 10.2 Å². The number of carbonyl (C=O) groups is 2. The number of nitrogens with zero attached hydrogens (tertiary/aromatic N) is 1. The predicted octanol–water partition coefficient (Wildman–Crippen LogP) is 1.23. The topological polar surface area (TPSA) is 69.6 Å². The molecule has 0 aliphatic heterocycles. The van der Waals surface area contributed by atoms with E-state index >= 15 is 0 Å². The van der Waals surface area contributed by atoms with Crippen molar-refractivity contribution in [2.75, 3.05) is 20.1 Å². The summed E-state index contributed by atoms with van der Waals surface area (Å²) >= 11 is 0. The molecule has 0 atom stereocenters. The number of likely N-dealkylation sites (N-methyl/N-ethyl adjacent to an activating group) is 1. The molecule has 0 bridgehead atoms. The SMILES string of the molecule is CCN(CC(=O)O)C(=O)CC1(NC)CCCCC1. The van der Waals surface area contributed by atoms with Gasteiger partial charge in [-0.1, -0.05) is 19.3 Å². The monoisotopic (exact) mass is 256 g/mol. The molecule has 0 aromatic heterocycles. The van der Waals surface area contributed by atoms with Gasteiger partial charge in [0.1, 0.15) is 6.54 Å². The fourth-order valence-electron chi connectivity index (χ4n) is 2.68. The van der Waals surface area contributed by atoms with E-state index in [0.717, 1.165) is 25.7 Å². The second-order valence-electron chi connectivity index (χ2n) is 5.07. The van der Waals surface area contributed by atoms with E-state index in [9.17, 15) is 9.59 Å². The fourth-order valence-corrected chi connectivity index (χ4v) is 2.68. The van der Waals surface area contributed by atoms with E-state index in [1.165, 1.54) is 11.3 Å². The molecule has 0 aromatic carbocycles. The lowest BCUT2D eigenvalue weighted by atomic mass is 9.79. The van der Waals surface area contributed by atoms with Gasteiger partial charge in [0.2, 0.25) is 5.91 Å². The molecule has 0 aromatic rings. The number of aliphatic carboxylic acids is 1. The lowest BCUT2D eigenvalue weighted by Crippen LogP contribution is -2.49. The zero-order valence-corrected chi connectivity index (χ0v) is 11.4. The molecular formula is C13H24N2O3. The van der Waals surface area contributed by atoms with Gasteiger partial charge in [-0.05, 0) is 26.8 Å². The highest BCUT2D eigenvalue weighted by Gasteiger charge is 2.34. The maximum Gasteiger partial charge on any atom is 0.323 e. The van der Waals surface area contributed by atoms with Gasteiger partial charge in [-0.2, -0.15) is 0 Å². The summed E-state index contributed by atoms with van der Waals surface area (Å²) in [6.07, 6.45) is 5.91. The Morgan fingerprint density at radius 1 is 1.28 bits per heavy atom. The van der Waals surface area contributed by atoms with Crippen LogP contribution >= 0.6 is 0 Å². The summed E-state index contributed by atoms with van der Waals surface area (Å²) in [5.74, 6) is -1.01. The number of amides is 1. The number of carbonyl (C=O) groups excluding carboxylic acids is 1. The molecule has 2 N–H and O–H groups in total. The lowest BCUT2D eigenvalue weighted by Gasteiger charge is -2.37. The van der Waals surface area contributed by atoms with Crippen LogP contribution in [0.5, 0.6) is 0 Å². The molecule has 0 saturated heterocycles. The number of hydrogen-bond acceptors (Lipinski definition) is 3. The third kappa shape index (κ3) is 3.98. The van der Waals surface area contributed by atoms with E-state index in [1.807, 2.05) is 14.0 Å². The summed E-state index contributed by atoms with van der Waals surface area (Å²) in [7, 11) is 1.89. The van der Waals surface area contributed by atoms with E-state index in [2.05, 4.69) is 5.32 Å². The van der Waals surface area contributed by atoms with Crippen LogP contribution in [-0.4, -0.2) is 47.6 Å². The van der Waals surface area contributed by atoms with Gasteiger partial charge in [-0.15, -0.1) is 0 Å². The molecule has 1 fully saturated rings. The summed E-state index contributed by atoms with van der Waals surface area (Å²) in [4.78, 5) is 24.3. The second kappa shape index (κ2) is 6.73. The van der Waals surface area contributed by atoms with E-state index in [-0.39, 0.29) is 18.0 Å². The summed E-state index contributed by atoms with van der Waals surface area (Å²) in [6, 6.07) is 0. The summed E-state index contributed by atoms with van der Waals surface area (Å²) < 4.78 is 0. The van der Waals surface area contributed by atoms with Gasteiger partial charge < -0.3 is 15.3 Å². The van der Waals surface area contributed by atoms with E-state index < -0.39 is 5.97 Å². The van der Waals surface area contributed by atoms with Gasteiger partial charge in [-0.25, -0.2) is 0 Å². The molecule has 104 valence electrons. The molecule has 0 heterocycles. The van der Waals surface area contributed by atoms with Crippen LogP contribution in [0.4, 0.5) is 0 Å². The molecule has 1 rings (SSSR count). The molecule has 0 radical (unpaired) electrons. The van der Waals surface area contributed by atoms with Gasteiger partial charge in [0.25, 0.3) is 0 Å². The van der Waals surface area contributed by atoms with E-state index in [0.29, 0.717) is 13.0 Å². The standard InChI is InChI=1S/C13H24N2O3/c1-3-15(10-12(17)18)11(16)9-13(14-2)7-5-4-6-8-13/h14H,3-10H2,1-2H3,(H,17,18). The number of nitrogens with one attached hydrogen (secondary N) is 1. The van der Waals surface area contributed by atoms with Crippen LogP contribution < -0.4 is 5.32 Å². The van der Waals surface area contributed by atoms with Gasteiger partial charge in [-0.3, -0.25) is 9.59 Å². The minimum Gasteiger partial charge on any atom is -0.480 e. The van der Waals surface area contributed by atoms with Gasteiger partial charge >= 0.3 is 5.97 Å². The highest BCUT2D eigenvalue weighted by Crippen LogP contribution is 2.31. The maximum atomic E-state index is 12.2. The minimum atomic E-state index is -0.952. The first-order valence-corrected chi connectivity index (χ1v) is 6.71. The number of rotatable bonds is 6. The highest BCUT2D eigenvalue weighted by atomic mass is 16.4. The van der Waals surface area contributed by atoms with Crippen molar-refractivity contribution in [3.63, 3.8) is 0 Å². The summed E-state index contributed by atoms with van der Waals surface area (Å²) in [5, 5.41) is 12.1. The minimum absolute atomic E-state index is 0.0591. The van der Waals surface area contributed by atoms with Crippen molar-refractivity contribution in [2.24, 2.45) is 0 Å². The van der Waals surface area contributed by atoms with Crippen LogP contribution in [0.25, 0.3) is 0 Å². The Balaban J connectivity index is 2.62. The zero-order chi connectivity index (χ0) is 13.6. The van der Waals surface area contributed by atoms with Crippen molar-refractivity contribution in [3.8, 4) is 0 Å².